The number of hydrogen-bond acceptors (Lipinski definition) is 2. The number of ether oxygens (including phenoxy) is 1. The normalized spacial score (nSPS) is 10.3. The van der Waals surface area contributed by atoms with E-state index in [2.05, 4.69) is 42.7 Å². The highest BCUT2D eigenvalue weighted by molar-refractivity contribution is 5.73. The van der Waals surface area contributed by atoms with Crippen LogP contribution in [0.1, 0.15) is 23.1 Å². The van der Waals surface area contributed by atoms with Crippen molar-refractivity contribution in [2.24, 2.45) is 0 Å². The van der Waals surface area contributed by atoms with E-state index in [1.807, 2.05) is 0 Å². The summed E-state index contributed by atoms with van der Waals surface area (Å²) in [5, 5.41) is 5.66. The van der Waals surface area contributed by atoms with E-state index in [0.29, 0.717) is 19.7 Å². The summed E-state index contributed by atoms with van der Waals surface area (Å²) in [6.45, 7) is 6.15. The molecule has 2 amide bonds. The van der Waals surface area contributed by atoms with Crippen LogP contribution in [0.15, 0.2) is 18.2 Å². The molecule has 0 saturated carbocycles. The molecular formula is C15H24N2O2. The van der Waals surface area contributed by atoms with Crippen molar-refractivity contribution in [1.29, 1.82) is 0 Å². The summed E-state index contributed by atoms with van der Waals surface area (Å²) in [5.41, 5.74) is 3.83. The Balaban J connectivity index is 2.20. The van der Waals surface area contributed by atoms with E-state index in [9.17, 15) is 4.79 Å². The van der Waals surface area contributed by atoms with Crippen LogP contribution in [0, 0.1) is 13.8 Å². The van der Waals surface area contributed by atoms with E-state index in [1.165, 1.54) is 16.7 Å². The van der Waals surface area contributed by atoms with Gasteiger partial charge in [-0.2, -0.15) is 0 Å². The second-order valence-corrected chi connectivity index (χ2v) is 4.71. The molecule has 0 fully saturated rings. The highest BCUT2D eigenvalue weighted by Crippen LogP contribution is 2.10. The number of amides is 2. The van der Waals surface area contributed by atoms with Crippen LogP contribution in [0.2, 0.25) is 0 Å². The van der Waals surface area contributed by atoms with E-state index in [1.54, 1.807) is 7.11 Å². The van der Waals surface area contributed by atoms with Crippen molar-refractivity contribution in [3.63, 3.8) is 0 Å². The monoisotopic (exact) mass is 264 g/mol. The molecule has 0 bridgehead atoms. The fourth-order valence-corrected chi connectivity index (χ4v) is 1.92. The third-order valence-electron chi connectivity index (χ3n) is 2.99. The standard InChI is InChI=1S/C15H24N2O2/c1-12-5-6-14(13(2)11-12)7-9-17-15(18)16-8-4-10-19-3/h5-6,11H,4,7-10H2,1-3H3,(H2,16,17,18). The largest absolute Gasteiger partial charge is 0.385 e. The first-order valence-corrected chi connectivity index (χ1v) is 6.70. The third-order valence-corrected chi connectivity index (χ3v) is 2.99. The zero-order valence-corrected chi connectivity index (χ0v) is 12.1. The summed E-state index contributed by atoms with van der Waals surface area (Å²) >= 11 is 0. The lowest BCUT2D eigenvalue weighted by Crippen LogP contribution is -2.37. The summed E-state index contributed by atoms with van der Waals surface area (Å²) in [4.78, 5) is 11.5. The molecule has 1 aromatic rings. The Morgan fingerprint density at radius 3 is 2.63 bits per heavy atom. The average Bonchev–Trinajstić information content (AvgIpc) is 2.37. The summed E-state index contributed by atoms with van der Waals surface area (Å²) in [5.74, 6) is 0. The number of hydrogen-bond donors (Lipinski definition) is 2. The molecule has 2 N–H and O–H groups in total. The average molecular weight is 264 g/mol. The quantitative estimate of drug-likeness (QED) is 0.742. The molecule has 106 valence electrons. The number of aryl methyl sites for hydroxylation is 2. The fraction of sp³-hybridized carbons (Fsp3) is 0.533. The lowest BCUT2D eigenvalue weighted by molar-refractivity contribution is 0.193. The molecule has 0 heterocycles. The maximum atomic E-state index is 11.5. The minimum absolute atomic E-state index is 0.110. The summed E-state index contributed by atoms with van der Waals surface area (Å²) in [6, 6.07) is 6.29. The highest BCUT2D eigenvalue weighted by atomic mass is 16.5. The van der Waals surface area contributed by atoms with Crippen molar-refractivity contribution in [2.75, 3.05) is 26.8 Å². The van der Waals surface area contributed by atoms with E-state index >= 15 is 0 Å². The summed E-state index contributed by atoms with van der Waals surface area (Å²) in [7, 11) is 1.66. The van der Waals surface area contributed by atoms with Gasteiger partial charge in [-0.25, -0.2) is 4.79 Å². The molecule has 0 aliphatic heterocycles. The number of methoxy groups -OCH3 is 1. The number of rotatable bonds is 7. The Kier molecular flexibility index (Phi) is 6.97. The van der Waals surface area contributed by atoms with Crippen molar-refractivity contribution in [2.45, 2.75) is 26.7 Å². The number of carbonyl (C=O) groups excluding carboxylic acids is 1. The van der Waals surface area contributed by atoms with Crippen molar-refractivity contribution >= 4 is 6.03 Å². The van der Waals surface area contributed by atoms with Gasteiger partial charge in [-0.1, -0.05) is 23.8 Å². The van der Waals surface area contributed by atoms with Crippen molar-refractivity contribution in [1.82, 2.24) is 10.6 Å². The second-order valence-electron chi connectivity index (χ2n) is 4.71. The molecule has 0 saturated heterocycles. The predicted octanol–water partition coefficient (Wildman–Crippen LogP) is 2.18. The van der Waals surface area contributed by atoms with Gasteiger partial charge < -0.3 is 15.4 Å². The summed E-state index contributed by atoms with van der Waals surface area (Å²) in [6.07, 6.45) is 1.69. The Labute approximate surface area is 115 Å². The molecule has 1 rings (SSSR count). The van der Waals surface area contributed by atoms with Gasteiger partial charge >= 0.3 is 6.03 Å². The number of carbonyl (C=O) groups is 1. The van der Waals surface area contributed by atoms with Crippen LogP contribution < -0.4 is 10.6 Å². The topological polar surface area (TPSA) is 50.4 Å². The third kappa shape index (κ3) is 6.25. The molecule has 0 unspecified atom stereocenters. The number of nitrogens with one attached hydrogen (secondary N) is 2. The van der Waals surface area contributed by atoms with Crippen LogP contribution in [0.25, 0.3) is 0 Å². The molecule has 0 aromatic heterocycles. The zero-order chi connectivity index (χ0) is 14.1. The van der Waals surface area contributed by atoms with E-state index in [0.717, 1.165) is 12.8 Å². The minimum Gasteiger partial charge on any atom is -0.385 e. The molecule has 0 aliphatic carbocycles. The number of benzene rings is 1. The lowest BCUT2D eigenvalue weighted by Gasteiger charge is -2.09. The minimum atomic E-state index is -0.110. The van der Waals surface area contributed by atoms with Crippen LogP contribution in [0.5, 0.6) is 0 Å². The molecule has 4 heteroatoms. The van der Waals surface area contributed by atoms with Gasteiger partial charge in [0.1, 0.15) is 0 Å². The maximum absolute atomic E-state index is 11.5. The Morgan fingerprint density at radius 2 is 1.95 bits per heavy atom. The van der Waals surface area contributed by atoms with Gasteiger partial charge in [0, 0.05) is 26.8 Å². The summed E-state index contributed by atoms with van der Waals surface area (Å²) < 4.78 is 4.91. The molecule has 0 atom stereocenters. The van der Waals surface area contributed by atoms with Gasteiger partial charge in [-0.05, 0) is 37.8 Å². The zero-order valence-electron chi connectivity index (χ0n) is 12.1. The second kappa shape index (κ2) is 8.53. The molecule has 0 spiro atoms. The van der Waals surface area contributed by atoms with E-state index in [-0.39, 0.29) is 6.03 Å². The first kappa shape index (κ1) is 15.5. The van der Waals surface area contributed by atoms with Crippen LogP contribution >= 0.6 is 0 Å². The SMILES string of the molecule is COCCCNC(=O)NCCc1ccc(C)cc1C. The van der Waals surface area contributed by atoms with Gasteiger partial charge in [0.05, 0.1) is 0 Å². The lowest BCUT2D eigenvalue weighted by atomic mass is 10.0. The van der Waals surface area contributed by atoms with E-state index in [4.69, 9.17) is 4.74 Å². The Hall–Kier alpha value is -1.55. The van der Waals surface area contributed by atoms with Gasteiger partial charge in [0.2, 0.25) is 0 Å². The van der Waals surface area contributed by atoms with E-state index < -0.39 is 0 Å². The van der Waals surface area contributed by atoms with Gasteiger partial charge in [-0.15, -0.1) is 0 Å². The van der Waals surface area contributed by atoms with Crippen LogP contribution in [-0.2, 0) is 11.2 Å². The van der Waals surface area contributed by atoms with Gasteiger partial charge in [0.25, 0.3) is 0 Å². The highest BCUT2D eigenvalue weighted by Gasteiger charge is 2.01. The molecule has 1 aromatic carbocycles. The molecule has 19 heavy (non-hydrogen) atoms. The molecular weight excluding hydrogens is 240 g/mol. The van der Waals surface area contributed by atoms with Crippen molar-refractivity contribution in [3.05, 3.63) is 34.9 Å². The van der Waals surface area contributed by atoms with Crippen molar-refractivity contribution in [3.8, 4) is 0 Å². The van der Waals surface area contributed by atoms with Crippen molar-refractivity contribution < 1.29 is 9.53 Å². The first-order valence-electron chi connectivity index (χ1n) is 6.70. The van der Waals surface area contributed by atoms with Crippen LogP contribution in [0.4, 0.5) is 4.79 Å². The van der Waals surface area contributed by atoms with Gasteiger partial charge in [-0.3, -0.25) is 0 Å². The van der Waals surface area contributed by atoms with Crippen LogP contribution in [-0.4, -0.2) is 32.8 Å². The van der Waals surface area contributed by atoms with Crippen LogP contribution in [0.3, 0.4) is 0 Å². The Bertz CT molecular complexity index is 405. The molecule has 0 radical (unpaired) electrons. The van der Waals surface area contributed by atoms with Gasteiger partial charge in [0.15, 0.2) is 0 Å². The number of urea groups is 1. The maximum Gasteiger partial charge on any atom is 0.314 e. The molecule has 4 nitrogen and oxygen atoms in total. The fourth-order valence-electron chi connectivity index (χ4n) is 1.92. The molecule has 0 aliphatic rings. The smallest absolute Gasteiger partial charge is 0.314 e. The predicted molar refractivity (Wildman–Crippen MR) is 77.5 cm³/mol. The first-order chi connectivity index (χ1) is 9.13. The Morgan fingerprint density at radius 1 is 1.21 bits per heavy atom.